The van der Waals surface area contributed by atoms with Crippen molar-refractivity contribution >= 4 is 39.1 Å². The van der Waals surface area contributed by atoms with Gasteiger partial charge in [-0.15, -0.1) is 11.3 Å². The Morgan fingerprint density at radius 1 is 1.09 bits per heavy atom. The van der Waals surface area contributed by atoms with Crippen LogP contribution in [0.25, 0.3) is 10.2 Å². The number of ether oxygens (including phenoxy) is 2. The van der Waals surface area contributed by atoms with E-state index in [1.54, 1.807) is 37.3 Å². The summed E-state index contributed by atoms with van der Waals surface area (Å²) in [5.74, 6) is 0.0193. The third-order valence-corrected chi connectivity index (χ3v) is 7.32. The van der Waals surface area contributed by atoms with E-state index in [9.17, 15) is 14.0 Å². The predicted octanol–water partition coefficient (Wildman–Crippen LogP) is 4.59. The largest absolute Gasteiger partial charge is 0.493 e. The summed E-state index contributed by atoms with van der Waals surface area (Å²) in [4.78, 5) is 30.1. The molecule has 0 radical (unpaired) electrons. The van der Waals surface area contributed by atoms with Gasteiger partial charge in [0.1, 0.15) is 21.9 Å². The van der Waals surface area contributed by atoms with Crippen LogP contribution >= 0.6 is 11.3 Å². The predicted molar refractivity (Wildman–Crippen MR) is 133 cm³/mol. The van der Waals surface area contributed by atoms with Crippen LogP contribution in [-0.2, 0) is 17.9 Å². The van der Waals surface area contributed by atoms with Gasteiger partial charge >= 0.3 is 0 Å². The number of rotatable bonds is 6. The highest BCUT2D eigenvalue weighted by Gasteiger charge is 2.48. The van der Waals surface area contributed by atoms with E-state index in [1.807, 2.05) is 22.1 Å². The van der Waals surface area contributed by atoms with Gasteiger partial charge in [0.2, 0.25) is 5.91 Å². The Hall–Kier alpha value is -3.85. The highest BCUT2D eigenvalue weighted by Crippen LogP contribution is 2.40. The highest BCUT2D eigenvalue weighted by molar-refractivity contribution is 7.16. The molecule has 3 heterocycles. The molecule has 4 aromatic rings. The number of nitrogens with zero attached hydrogens (tertiary/aromatic N) is 2. The van der Waals surface area contributed by atoms with Crippen LogP contribution in [0, 0.1) is 5.82 Å². The quantitative estimate of drug-likeness (QED) is 0.426. The second kappa shape index (κ2) is 8.74. The maximum atomic E-state index is 13.9. The molecule has 0 bridgehead atoms. The van der Waals surface area contributed by atoms with Crippen LogP contribution in [0.4, 0.5) is 10.1 Å². The number of hydrogen-bond acceptors (Lipinski definition) is 5. The lowest BCUT2D eigenvalue weighted by molar-refractivity contribution is -0.126. The average molecular weight is 494 g/mol. The van der Waals surface area contributed by atoms with Gasteiger partial charge in [-0.1, -0.05) is 12.1 Å². The highest BCUT2D eigenvalue weighted by atomic mass is 32.1. The second-order valence-corrected chi connectivity index (χ2v) is 9.45. The number of benzene rings is 2. The fourth-order valence-corrected chi connectivity index (χ4v) is 5.44. The smallest absolute Gasteiger partial charge is 0.275 e. The molecule has 0 saturated heterocycles. The number of carbonyl (C=O) groups excluding carboxylic acids is 2. The van der Waals surface area contributed by atoms with E-state index in [1.165, 1.54) is 42.6 Å². The molecular weight excluding hydrogens is 469 g/mol. The first kappa shape index (κ1) is 22.9. The van der Waals surface area contributed by atoms with Crippen LogP contribution in [0.5, 0.6) is 11.5 Å². The first-order chi connectivity index (χ1) is 16.9. The van der Waals surface area contributed by atoms with Crippen LogP contribution in [-0.4, -0.2) is 36.1 Å². The fourth-order valence-electron chi connectivity index (χ4n) is 4.54. The second-order valence-electron chi connectivity index (χ2n) is 8.56. The van der Waals surface area contributed by atoms with Crippen molar-refractivity contribution in [1.29, 1.82) is 0 Å². The fraction of sp³-hybridized carbons (Fsp3) is 0.231. The van der Waals surface area contributed by atoms with Gasteiger partial charge in [0, 0.05) is 23.7 Å². The Morgan fingerprint density at radius 2 is 1.83 bits per heavy atom. The molecule has 1 N–H and O–H groups in total. The normalized spacial score (nSPS) is 17.4. The van der Waals surface area contributed by atoms with Gasteiger partial charge in [-0.2, -0.15) is 0 Å². The number of fused-ring (bicyclic) bond motifs is 3. The van der Waals surface area contributed by atoms with Gasteiger partial charge in [0.25, 0.3) is 5.91 Å². The zero-order chi connectivity index (χ0) is 24.7. The minimum atomic E-state index is -1.25. The summed E-state index contributed by atoms with van der Waals surface area (Å²) < 4.78 is 26.0. The summed E-state index contributed by atoms with van der Waals surface area (Å²) in [6, 6.07) is 14.9. The zero-order valence-corrected chi connectivity index (χ0v) is 20.3. The summed E-state index contributed by atoms with van der Waals surface area (Å²) >= 11 is 1.53. The van der Waals surface area contributed by atoms with Gasteiger partial charge in [0.05, 0.1) is 20.8 Å². The van der Waals surface area contributed by atoms with Crippen molar-refractivity contribution in [2.75, 3.05) is 19.1 Å². The van der Waals surface area contributed by atoms with E-state index in [4.69, 9.17) is 9.47 Å². The van der Waals surface area contributed by atoms with Crippen molar-refractivity contribution in [1.82, 2.24) is 9.88 Å². The summed E-state index contributed by atoms with van der Waals surface area (Å²) in [6.45, 7) is 2.22. The first-order valence-corrected chi connectivity index (χ1v) is 11.9. The van der Waals surface area contributed by atoms with Crippen LogP contribution in [0.1, 0.15) is 23.0 Å². The number of hydrogen-bond donors (Lipinski definition) is 1. The molecular formula is C26H24FN3O4S. The number of anilines is 1. The Morgan fingerprint density at radius 3 is 2.54 bits per heavy atom. The van der Waals surface area contributed by atoms with E-state index in [0.29, 0.717) is 22.9 Å². The van der Waals surface area contributed by atoms with Crippen molar-refractivity contribution in [2.45, 2.75) is 25.6 Å². The van der Waals surface area contributed by atoms with Crippen LogP contribution in [0.2, 0.25) is 0 Å². The average Bonchev–Trinajstić information content (AvgIpc) is 3.46. The lowest BCUT2D eigenvalue weighted by atomic mass is 9.93. The Bertz CT molecular complexity index is 1430. The van der Waals surface area contributed by atoms with Gasteiger partial charge in [-0.3, -0.25) is 14.5 Å². The van der Waals surface area contributed by atoms with E-state index in [0.717, 1.165) is 15.8 Å². The number of nitrogens with one attached hydrogen (secondary N) is 1. The SMILES string of the molecule is COc1ccc(N2C(=O)c3cc4ccsc4n3CC2(C)C(=O)NCc2ccc(F)cc2)cc1OC. The molecule has 2 aromatic carbocycles. The van der Waals surface area contributed by atoms with Crippen molar-refractivity contribution in [3.63, 3.8) is 0 Å². The van der Waals surface area contributed by atoms with E-state index in [-0.39, 0.29) is 30.7 Å². The monoisotopic (exact) mass is 493 g/mol. The number of carbonyl (C=O) groups is 2. The molecule has 1 unspecified atom stereocenters. The molecule has 9 heteroatoms. The minimum Gasteiger partial charge on any atom is -0.493 e. The van der Waals surface area contributed by atoms with E-state index >= 15 is 0 Å². The maximum absolute atomic E-state index is 13.9. The Balaban J connectivity index is 1.57. The maximum Gasteiger partial charge on any atom is 0.275 e. The summed E-state index contributed by atoms with van der Waals surface area (Å²) in [7, 11) is 3.06. The molecule has 2 amide bonds. The topological polar surface area (TPSA) is 72.8 Å². The minimum absolute atomic E-state index is 0.204. The number of halogens is 1. The van der Waals surface area contributed by atoms with E-state index in [2.05, 4.69) is 5.32 Å². The first-order valence-electron chi connectivity index (χ1n) is 11.0. The van der Waals surface area contributed by atoms with E-state index < -0.39 is 5.54 Å². The molecule has 2 aromatic heterocycles. The summed E-state index contributed by atoms with van der Waals surface area (Å²) in [5, 5.41) is 5.87. The molecule has 0 saturated carbocycles. The molecule has 0 aliphatic carbocycles. The standard InChI is InChI=1S/C26H24FN3O4S/c1-26(25(32)28-14-16-4-6-18(27)7-5-16)15-29-20(12-17-10-11-35-24(17)29)23(31)30(26)19-8-9-21(33-2)22(13-19)34-3/h4-13H,14-15H2,1-3H3,(H,28,32). The van der Waals surface area contributed by atoms with Crippen molar-refractivity contribution < 1.29 is 23.5 Å². The molecule has 0 fully saturated rings. The molecule has 1 aliphatic heterocycles. The van der Waals surface area contributed by atoms with Crippen molar-refractivity contribution in [3.05, 3.63) is 77.1 Å². The number of thiophene rings is 1. The van der Waals surface area contributed by atoms with Crippen LogP contribution < -0.4 is 19.7 Å². The van der Waals surface area contributed by atoms with Gasteiger partial charge in [-0.25, -0.2) is 4.39 Å². The summed E-state index contributed by atoms with van der Waals surface area (Å²) in [6.07, 6.45) is 0. The molecule has 5 rings (SSSR count). The van der Waals surface area contributed by atoms with Crippen LogP contribution in [0.3, 0.4) is 0 Å². The molecule has 35 heavy (non-hydrogen) atoms. The molecule has 1 atom stereocenters. The molecule has 180 valence electrons. The van der Waals surface area contributed by atoms with Gasteiger partial charge < -0.3 is 19.4 Å². The number of methoxy groups -OCH3 is 2. The van der Waals surface area contributed by atoms with Crippen molar-refractivity contribution in [2.24, 2.45) is 0 Å². The number of amides is 2. The molecule has 7 nitrogen and oxygen atoms in total. The molecule has 1 aliphatic rings. The Kier molecular flexibility index (Phi) is 5.72. The number of aromatic nitrogens is 1. The third-order valence-electron chi connectivity index (χ3n) is 6.36. The van der Waals surface area contributed by atoms with Crippen molar-refractivity contribution in [3.8, 4) is 11.5 Å². The summed E-state index contributed by atoms with van der Waals surface area (Å²) in [5.41, 5.74) is 0.540. The lowest BCUT2D eigenvalue weighted by Gasteiger charge is -2.44. The van der Waals surface area contributed by atoms with Crippen LogP contribution in [0.15, 0.2) is 60.0 Å². The Labute approximate surface area is 205 Å². The van der Waals surface area contributed by atoms with Gasteiger partial charge in [-0.05, 0) is 54.3 Å². The molecule has 0 spiro atoms. The third kappa shape index (κ3) is 3.81. The lowest BCUT2D eigenvalue weighted by Crippen LogP contribution is -2.64. The van der Waals surface area contributed by atoms with Gasteiger partial charge in [0.15, 0.2) is 11.5 Å². The zero-order valence-electron chi connectivity index (χ0n) is 19.5.